The van der Waals surface area contributed by atoms with Crippen molar-refractivity contribution >= 4 is 0 Å². The van der Waals surface area contributed by atoms with Crippen LogP contribution in [0.2, 0.25) is 0 Å². The number of benzene rings is 2. The largest absolute Gasteiger partial charge is 2.00 e. The summed E-state index contributed by atoms with van der Waals surface area (Å²) in [4.78, 5) is 17.2. The van der Waals surface area contributed by atoms with Gasteiger partial charge in [-0.2, -0.15) is 0 Å². The molecule has 6 rings (SSSR count). The monoisotopic (exact) mass is 548 g/mol. The summed E-state index contributed by atoms with van der Waals surface area (Å²) in [5, 5.41) is 16.3. The van der Waals surface area contributed by atoms with Gasteiger partial charge in [0, 0.05) is 12.4 Å². The molecule has 4 aromatic heterocycles. The molecule has 0 aliphatic heterocycles. The predicted molar refractivity (Wildman–Crippen MR) is 142 cm³/mol. The maximum Gasteiger partial charge on any atom is 2.00 e. The van der Waals surface area contributed by atoms with Gasteiger partial charge in [0.25, 0.3) is 0 Å². The normalized spacial score (nSPS) is 9.95. The van der Waals surface area contributed by atoms with Crippen LogP contribution in [0, 0.1) is 13.8 Å². The van der Waals surface area contributed by atoms with Crippen LogP contribution in [0.4, 0.5) is 0 Å². The number of aromatic nitrogens is 8. The first-order valence-electron chi connectivity index (χ1n) is 11.4. The Kier molecular flexibility index (Phi) is 9.71. The van der Waals surface area contributed by atoms with Crippen molar-refractivity contribution in [3.05, 3.63) is 108 Å². The van der Waals surface area contributed by atoms with E-state index in [0.717, 1.165) is 22.5 Å². The summed E-state index contributed by atoms with van der Waals surface area (Å²) in [7, 11) is 0. The molecular formula is C28H25CoN8O+. The van der Waals surface area contributed by atoms with Crippen LogP contribution in [0.1, 0.15) is 11.1 Å². The van der Waals surface area contributed by atoms with Gasteiger partial charge < -0.3 is 25.6 Å². The van der Waals surface area contributed by atoms with E-state index < -0.39 is 0 Å². The van der Waals surface area contributed by atoms with Crippen molar-refractivity contribution < 1.29 is 22.3 Å². The van der Waals surface area contributed by atoms with E-state index in [1.165, 1.54) is 11.1 Å². The minimum atomic E-state index is 0. The van der Waals surface area contributed by atoms with Crippen molar-refractivity contribution in [3.63, 3.8) is 0 Å². The van der Waals surface area contributed by atoms with Crippen LogP contribution < -0.4 is 10.2 Å². The Bertz CT molecular complexity index is 1410. The van der Waals surface area contributed by atoms with Crippen molar-refractivity contribution in [2.24, 2.45) is 0 Å². The van der Waals surface area contributed by atoms with Crippen LogP contribution in [-0.2, 0) is 22.3 Å². The van der Waals surface area contributed by atoms with Crippen molar-refractivity contribution in [3.8, 4) is 45.8 Å². The summed E-state index contributed by atoms with van der Waals surface area (Å²) < 4.78 is 0. The summed E-state index contributed by atoms with van der Waals surface area (Å²) in [6, 6.07) is 27.4. The van der Waals surface area contributed by atoms with Gasteiger partial charge in [-0.15, -0.1) is 0 Å². The minimum Gasteiger partial charge on any atom is -0.457 e. The second-order valence-electron chi connectivity index (χ2n) is 8.08. The molecule has 1 radical (unpaired) electrons. The summed E-state index contributed by atoms with van der Waals surface area (Å²) in [6.07, 6.45) is 3.44. The number of rotatable bonds is 4. The Balaban J connectivity index is 0.000000200. The molecule has 0 spiro atoms. The van der Waals surface area contributed by atoms with E-state index >= 15 is 0 Å². The second kappa shape index (κ2) is 13.2. The molecule has 10 heteroatoms. The van der Waals surface area contributed by atoms with Gasteiger partial charge in [-0.05, 0) is 60.9 Å². The fourth-order valence-electron chi connectivity index (χ4n) is 3.34. The molecular weight excluding hydrogens is 523 g/mol. The first-order valence-corrected chi connectivity index (χ1v) is 11.4. The van der Waals surface area contributed by atoms with E-state index in [4.69, 9.17) is 0 Å². The summed E-state index contributed by atoms with van der Waals surface area (Å²) in [5.74, 6) is 2.39. The molecule has 0 aliphatic carbocycles. The molecule has 2 aromatic carbocycles. The van der Waals surface area contributed by atoms with Crippen LogP contribution in [0.3, 0.4) is 0 Å². The maximum absolute atomic E-state index is 4.40. The zero-order chi connectivity index (χ0) is 24.7. The summed E-state index contributed by atoms with van der Waals surface area (Å²) in [6.45, 7) is 4.10. The number of pyridine rings is 2. The molecule has 0 aliphatic rings. The van der Waals surface area contributed by atoms with Gasteiger partial charge in [-0.3, -0.25) is 20.2 Å². The zero-order valence-electron chi connectivity index (χ0n) is 20.7. The third-order valence-corrected chi connectivity index (χ3v) is 5.31. The van der Waals surface area contributed by atoms with Gasteiger partial charge in [-0.1, -0.05) is 71.8 Å². The van der Waals surface area contributed by atoms with E-state index in [9.17, 15) is 0 Å². The fraction of sp³-hybridized carbons (Fsp3) is 0.0714. The summed E-state index contributed by atoms with van der Waals surface area (Å²) >= 11 is 0. The molecule has 0 unspecified atom stereocenters. The fourth-order valence-corrected chi connectivity index (χ4v) is 3.34. The molecule has 6 aromatic rings. The Morgan fingerprint density at radius 2 is 0.921 bits per heavy atom. The first-order chi connectivity index (χ1) is 17.7. The number of aryl methyl sites for hydroxylation is 2. The molecule has 0 saturated heterocycles. The molecule has 3 N–H and O–H groups in total. The van der Waals surface area contributed by atoms with Crippen molar-refractivity contribution in [1.82, 2.24) is 40.3 Å². The smallest absolute Gasteiger partial charge is 0.457 e. The second-order valence-corrected chi connectivity index (χ2v) is 8.08. The third kappa shape index (κ3) is 6.82. The molecule has 0 saturated carbocycles. The average molecular weight is 548 g/mol. The predicted octanol–water partition coefficient (Wildman–Crippen LogP) is 4.02. The molecule has 0 atom stereocenters. The van der Waals surface area contributed by atoms with E-state index in [2.05, 4.69) is 40.3 Å². The average Bonchev–Trinajstić information content (AvgIpc) is 3.62. The summed E-state index contributed by atoms with van der Waals surface area (Å²) in [5.41, 5.74) is 5.84. The van der Waals surface area contributed by atoms with Gasteiger partial charge in [0.2, 0.25) is 0 Å². The Morgan fingerprint density at radius 1 is 0.526 bits per heavy atom. The molecule has 0 fully saturated rings. The molecule has 191 valence electrons. The number of nitrogens with zero attached hydrogens (tertiary/aromatic N) is 8. The van der Waals surface area contributed by atoms with Crippen LogP contribution in [-0.4, -0.2) is 30.1 Å². The van der Waals surface area contributed by atoms with Gasteiger partial charge in [0.15, 0.2) is 0 Å². The van der Waals surface area contributed by atoms with Crippen molar-refractivity contribution in [1.29, 1.82) is 0 Å². The van der Waals surface area contributed by atoms with Crippen LogP contribution in [0.25, 0.3) is 45.8 Å². The standard InChI is InChI=1S/2C14H11N4.Co.H2O/c2*1-10-5-7-11(8-6-10)13-16-14(18-17-13)12-4-2-3-9-15-12;;/h2*2-9H,1H3;;1H2/q2*-1;+2;/p+1. The number of hydrogen-bond donors (Lipinski definition) is 0. The third-order valence-electron chi connectivity index (χ3n) is 5.31. The van der Waals surface area contributed by atoms with Gasteiger partial charge in [-0.25, -0.2) is 0 Å². The SMILES string of the molecule is Cc1ccc(-c2nc(-c3ccccn3)n[n-]2)cc1.Cc1ccc(-c2nc(-c3ccccn3)n[n-]2)cc1.[Co+2].[OH3+]. The van der Waals surface area contributed by atoms with Gasteiger partial charge >= 0.3 is 16.8 Å². The Morgan fingerprint density at radius 3 is 1.26 bits per heavy atom. The van der Waals surface area contributed by atoms with E-state index in [-0.39, 0.29) is 22.3 Å². The van der Waals surface area contributed by atoms with Gasteiger partial charge in [0.05, 0.1) is 23.0 Å². The van der Waals surface area contributed by atoms with Gasteiger partial charge in [0.1, 0.15) is 0 Å². The molecule has 0 amide bonds. The first kappa shape index (κ1) is 28.1. The molecule has 0 bridgehead atoms. The van der Waals surface area contributed by atoms with Crippen LogP contribution in [0.5, 0.6) is 0 Å². The van der Waals surface area contributed by atoms with Crippen molar-refractivity contribution in [2.75, 3.05) is 0 Å². The quantitative estimate of drug-likeness (QED) is 0.301. The maximum atomic E-state index is 4.40. The zero-order valence-corrected chi connectivity index (χ0v) is 21.8. The number of hydrogen-bond acceptors (Lipinski definition) is 6. The Hall–Kier alpha value is -4.51. The van der Waals surface area contributed by atoms with Crippen LogP contribution in [0.15, 0.2) is 97.3 Å². The van der Waals surface area contributed by atoms with Crippen molar-refractivity contribution in [2.45, 2.75) is 13.8 Å². The van der Waals surface area contributed by atoms with Crippen LogP contribution >= 0.6 is 0 Å². The Labute approximate surface area is 230 Å². The van der Waals surface area contributed by atoms with E-state index in [1.807, 2.05) is 98.8 Å². The topological polar surface area (TPSA) is 139 Å². The van der Waals surface area contributed by atoms with E-state index in [0.29, 0.717) is 23.3 Å². The molecule has 4 heterocycles. The molecule has 9 nitrogen and oxygen atoms in total. The molecule has 38 heavy (non-hydrogen) atoms. The van der Waals surface area contributed by atoms with E-state index in [1.54, 1.807) is 12.4 Å². The minimum absolute atomic E-state index is 0.